The molecule has 1 atom stereocenters. The molecule has 5 rings (SSSR count). The molecule has 0 fully saturated rings. The molecular formula is C24H18N2O4S. The van der Waals surface area contributed by atoms with Crippen LogP contribution in [0.25, 0.3) is 0 Å². The Balaban J connectivity index is 1.80. The van der Waals surface area contributed by atoms with E-state index in [0.29, 0.717) is 21.7 Å². The molecule has 1 unspecified atom stereocenters. The number of anilines is 1. The van der Waals surface area contributed by atoms with Crippen molar-refractivity contribution in [2.45, 2.75) is 18.4 Å². The van der Waals surface area contributed by atoms with Crippen LogP contribution in [-0.4, -0.2) is 35.4 Å². The van der Waals surface area contributed by atoms with Crippen molar-refractivity contribution >= 4 is 40.3 Å². The van der Waals surface area contributed by atoms with Gasteiger partial charge in [-0.2, -0.15) is 5.10 Å². The molecule has 0 radical (unpaired) electrons. The van der Waals surface area contributed by atoms with Crippen molar-refractivity contribution in [2.24, 2.45) is 5.10 Å². The third-order valence-corrected chi connectivity index (χ3v) is 6.59. The summed E-state index contributed by atoms with van der Waals surface area (Å²) in [6.45, 7) is 1.87. The average molecular weight is 430 g/mol. The Morgan fingerprint density at radius 3 is 2.23 bits per heavy atom. The quantitative estimate of drug-likeness (QED) is 0.460. The smallest absolute Gasteiger partial charge is 0.355 e. The number of hydrogen-bond acceptors (Lipinski definition) is 7. The summed E-state index contributed by atoms with van der Waals surface area (Å²) < 4.78 is 5.27. The summed E-state index contributed by atoms with van der Waals surface area (Å²) in [5.74, 6) is -2.23. The fourth-order valence-corrected chi connectivity index (χ4v) is 5.29. The highest BCUT2D eigenvalue weighted by Gasteiger charge is 2.68. The first kappa shape index (κ1) is 19.4. The minimum atomic E-state index is -1.71. The van der Waals surface area contributed by atoms with E-state index in [0.717, 1.165) is 0 Å². The minimum absolute atomic E-state index is 0.0580. The van der Waals surface area contributed by atoms with Gasteiger partial charge in [0, 0.05) is 16.0 Å². The molecule has 3 aromatic rings. The van der Waals surface area contributed by atoms with Gasteiger partial charge in [-0.05, 0) is 30.5 Å². The van der Waals surface area contributed by atoms with Gasteiger partial charge >= 0.3 is 5.97 Å². The van der Waals surface area contributed by atoms with E-state index in [-0.39, 0.29) is 23.9 Å². The second-order valence-electron chi connectivity index (χ2n) is 7.27. The first-order valence-corrected chi connectivity index (χ1v) is 10.8. The van der Waals surface area contributed by atoms with Crippen LogP contribution in [-0.2, 0) is 9.53 Å². The maximum absolute atomic E-state index is 14.0. The van der Waals surface area contributed by atoms with Crippen LogP contribution in [0.4, 0.5) is 5.69 Å². The number of benzene rings is 2. The molecule has 2 aliphatic rings. The standard InChI is InChI=1S/C24H18N2O4S/c1-2-30-23(29)20-19(18-13-8-14-31-18)24(26(25-20)15-9-4-3-5-10-15)21(27)16-11-6-7-12-17(16)22(24)28/h3-14,19H,2H2,1H3. The molecule has 31 heavy (non-hydrogen) atoms. The number of rotatable bonds is 4. The monoisotopic (exact) mass is 430 g/mol. The maximum atomic E-state index is 14.0. The summed E-state index contributed by atoms with van der Waals surface area (Å²) in [6.07, 6.45) is 0. The molecule has 1 aliphatic carbocycles. The maximum Gasteiger partial charge on any atom is 0.355 e. The summed E-state index contributed by atoms with van der Waals surface area (Å²) >= 11 is 1.38. The Hall–Kier alpha value is -3.58. The topological polar surface area (TPSA) is 76.0 Å². The van der Waals surface area contributed by atoms with E-state index in [4.69, 9.17) is 4.74 Å². The van der Waals surface area contributed by atoms with Crippen LogP contribution in [0.3, 0.4) is 0 Å². The summed E-state index contributed by atoms with van der Waals surface area (Å²) in [7, 11) is 0. The molecule has 0 N–H and O–H groups in total. The molecule has 2 heterocycles. The zero-order chi connectivity index (χ0) is 21.6. The largest absolute Gasteiger partial charge is 0.461 e. The number of nitrogens with zero attached hydrogens (tertiary/aromatic N) is 2. The predicted octanol–water partition coefficient (Wildman–Crippen LogP) is 4.09. The second-order valence-corrected chi connectivity index (χ2v) is 8.25. The van der Waals surface area contributed by atoms with Crippen LogP contribution in [0.1, 0.15) is 38.4 Å². The molecule has 1 spiro atoms. The van der Waals surface area contributed by atoms with Gasteiger partial charge < -0.3 is 4.74 Å². The molecule has 6 nitrogen and oxygen atoms in total. The first-order valence-electron chi connectivity index (χ1n) is 9.93. The van der Waals surface area contributed by atoms with Crippen molar-refractivity contribution in [2.75, 3.05) is 11.6 Å². The van der Waals surface area contributed by atoms with Gasteiger partial charge in [0.05, 0.1) is 18.2 Å². The number of fused-ring (bicyclic) bond motifs is 1. The van der Waals surface area contributed by atoms with E-state index in [1.165, 1.54) is 16.3 Å². The number of para-hydroxylation sites is 1. The number of ketones is 2. The fraction of sp³-hybridized carbons (Fsp3) is 0.167. The fourth-order valence-electron chi connectivity index (χ4n) is 4.40. The van der Waals surface area contributed by atoms with Gasteiger partial charge in [-0.3, -0.25) is 9.59 Å². The van der Waals surface area contributed by atoms with Crippen LogP contribution in [0.2, 0.25) is 0 Å². The molecule has 1 aromatic heterocycles. The van der Waals surface area contributed by atoms with Gasteiger partial charge in [0.15, 0.2) is 17.3 Å². The number of hydrogen-bond donors (Lipinski definition) is 0. The molecule has 0 bridgehead atoms. The molecule has 0 saturated heterocycles. The molecule has 1 aliphatic heterocycles. The number of carbonyl (C=O) groups is 3. The lowest BCUT2D eigenvalue weighted by Gasteiger charge is -2.35. The SMILES string of the molecule is CCOC(=O)C1=NN(c2ccccc2)C2(C(=O)c3ccccc3C2=O)C1c1cccs1. The highest BCUT2D eigenvalue weighted by atomic mass is 32.1. The number of carbonyl (C=O) groups excluding carboxylic acids is 3. The molecule has 154 valence electrons. The normalized spacial score (nSPS) is 18.9. The number of esters is 1. The van der Waals surface area contributed by atoms with Gasteiger partial charge in [0.1, 0.15) is 0 Å². The third kappa shape index (κ3) is 2.63. The predicted molar refractivity (Wildman–Crippen MR) is 118 cm³/mol. The highest BCUT2D eigenvalue weighted by Crippen LogP contribution is 2.51. The van der Waals surface area contributed by atoms with Crippen molar-refractivity contribution < 1.29 is 19.1 Å². The van der Waals surface area contributed by atoms with Gasteiger partial charge in [-0.15, -0.1) is 11.3 Å². The van der Waals surface area contributed by atoms with Crippen molar-refractivity contribution in [3.8, 4) is 0 Å². The molecule has 0 amide bonds. The number of Topliss-reactive ketones (excluding diaryl/α,β-unsaturated/α-hetero) is 2. The van der Waals surface area contributed by atoms with Gasteiger partial charge in [-0.1, -0.05) is 48.5 Å². The van der Waals surface area contributed by atoms with Crippen molar-refractivity contribution in [1.82, 2.24) is 0 Å². The van der Waals surface area contributed by atoms with E-state index in [1.807, 2.05) is 23.6 Å². The Morgan fingerprint density at radius 2 is 1.65 bits per heavy atom. The Bertz CT molecular complexity index is 1180. The summed E-state index contributed by atoms with van der Waals surface area (Å²) in [5.41, 5.74) is -0.413. The minimum Gasteiger partial charge on any atom is -0.461 e. The van der Waals surface area contributed by atoms with Crippen LogP contribution in [0.15, 0.2) is 77.2 Å². The van der Waals surface area contributed by atoms with Crippen LogP contribution in [0.5, 0.6) is 0 Å². The van der Waals surface area contributed by atoms with E-state index in [1.54, 1.807) is 55.5 Å². The Morgan fingerprint density at radius 1 is 1.00 bits per heavy atom. The summed E-state index contributed by atoms with van der Waals surface area (Å²) in [6, 6.07) is 19.4. The average Bonchev–Trinajstić information content (AvgIpc) is 3.49. The van der Waals surface area contributed by atoms with Crippen molar-refractivity contribution in [1.29, 1.82) is 0 Å². The molecule has 0 saturated carbocycles. The Labute approximate surface area is 182 Å². The molecule has 7 heteroatoms. The van der Waals surface area contributed by atoms with E-state index >= 15 is 0 Å². The zero-order valence-corrected chi connectivity index (χ0v) is 17.5. The van der Waals surface area contributed by atoms with Crippen molar-refractivity contribution in [3.63, 3.8) is 0 Å². The zero-order valence-electron chi connectivity index (χ0n) is 16.6. The van der Waals surface area contributed by atoms with E-state index < -0.39 is 17.4 Å². The number of hydrazone groups is 1. The third-order valence-electron chi connectivity index (χ3n) is 5.65. The molecular weight excluding hydrogens is 412 g/mol. The Kier molecular flexibility index (Phi) is 4.55. The van der Waals surface area contributed by atoms with Crippen LogP contribution in [0, 0.1) is 0 Å². The van der Waals surface area contributed by atoms with Crippen LogP contribution < -0.4 is 5.01 Å². The van der Waals surface area contributed by atoms with Crippen molar-refractivity contribution in [3.05, 3.63) is 88.1 Å². The summed E-state index contributed by atoms with van der Waals surface area (Å²) in [4.78, 5) is 41.6. The number of thiophene rings is 1. The van der Waals surface area contributed by atoms with E-state index in [9.17, 15) is 14.4 Å². The lowest BCUT2D eigenvalue weighted by Crippen LogP contribution is -2.57. The van der Waals surface area contributed by atoms with Gasteiger partial charge in [0.25, 0.3) is 0 Å². The molecule has 2 aromatic carbocycles. The lowest BCUT2D eigenvalue weighted by molar-refractivity contribution is -0.135. The van der Waals surface area contributed by atoms with E-state index in [2.05, 4.69) is 5.10 Å². The van der Waals surface area contributed by atoms with Gasteiger partial charge in [-0.25, -0.2) is 9.80 Å². The summed E-state index contributed by atoms with van der Waals surface area (Å²) in [5, 5.41) is 7.85. The second kappa shape index (κ2) is 7.28. The first-order chi connectivity index (χ1) is 15.1. The highest BCUT2D eigenvalue weighted by molar-refractivity contribution is 7.10. The number of ether oxygens (including phenoxy) is 1. The van der Waals surface area contributed by atoms with Crippen LogP contribution >= 0.6 is 11.3 Å². The lowest BCUT2D eigenvalue weighted by atomic mass is 9.76. The van der Waals surface area contributed by atoms with Gasteiger partial charge in [0.2, 0.25) is 5.54 Å².